The van der Waals surface area contributed by atoms with Crippen LogP contribution >= 0.6 is 24.0 Å². The van der Waals surface area contributed by atoms with Crippen LogP contribution in [-0.2, 0) is 11.2 Å². The predicted molar refractivity (Wildman–Crippen MR) is 126 cm³/mol. The van der Waals surface area contributed by atoms with E-state index in [0.29, 0.717) is 19.6 Å². The SMILES string of the molecule is CC(NC(=NCC1(CCO)CCOC1)NCCc1ccco1)c1ccccc1.I. The number of aliphatic imine (C=N–C) groups is 1. The summed E-state index contributed by atoms with van der Waals surface area (Å²) in [7, 11) is 0. The van der Waals surface area contributed by atoms with Crippen molar-refractivity contribution in [3.8, 4) is 0 Å². The standard InChI is InChI=1S/C22H31N3O3.HI/c1-18(19-6-3-2-4-7-19)25-21(23-12-9-20-8-5-14-28-20)24-16-22(10-13-26)11-15-27-17-22;/h2-8,14,18,26H,9-13,15-17H2,1H3,(H2,23,24,25);1H. The first-order chi connectivity index (χ1) is 13.7. The zero-order valence-electron chi connectivity index (χ0n) is 17.0. The van der Waals surface area contributed by atoms with Crippen LogP contribution in [0.4, 0.5) is 0 Å². The number of aliphatic hydroxyl groups is 1. The van der Waals surface area contributed by atoms with Crippen LogP contribution in [0.25, 0.3) is 0 Å². The van der Waals surface area contributed by atoms with Gasteiger partial charge in [-0.1, -0.05) is 30.3 Å². The summed E-state index contributed by atoms with van der Waals surface area (Å²) >= 11 is 0. The Bertz CT molecular complexity index is 716. The zero-order chi connectivity index (χ0) is 19.7. The van der Waals surface area contributed by atoms with E-state index in [2.05, 4.69) is 29.7 Å². The summed E-state index contributed by atoms with van der Waals surface area (Å²) in [6.45, 7) is 5.04. The summed E-state index contributed by atoms with van der Waals surface area (Å²) in [5, 5.41) is 16.4. The first-order valence-electron chi connectivity index (χ1n) is 10.0. The van der Waals surface area contributed by atoms with E-state index >= 15 is 0 Å². The number of rotatable bonds is 9. The third-order valence-electron chi connectivity index (χ3n) is 5.30. The monoisotopic (exact) mass is 513 g/mol. The van der Waals surface area contributed by atoms with Gasteiger partial charge in [0.2, 0.25) is 0 Å². The number of furan rings is 1. The minimum atomic E-state index is -0.0691. The molecular weight excluding hydrogens is 481 g/mol. The van der Waals surface area contributed by atoms with Crippen molar-refractivity contribution in [3.63, 3.8) is 0 Å². The van der Waals surface area contributed by atoms with Gasteiger partial charge in [-0.15, -0.1) is 24.0 Å². The maximum Gasteiger partial charge on any atom is 0.191 e. The fourth-order valence-corrected chi connectivity index (χ4v) is 3.48. The van der Waals surface area contributed by atoms with E-state index in [0.717, 1.165) is 37.7 Å². The van der Waals surface area contributed by atoms with Crippen LogP contribution in [0.2, 0.25) is 0 Å². The predicted octanol–water partition coefficient (Wildman–Crippen LogP) is 3.53. The lowest BCUT2D eigenvalue weighted by Crippen LogP contribution is -2.41. The number of benzene rings is 1. The normalized spacial score (nSPS) is 20.1. The van der Waals surface area contributed by atoms with E-state index in [9.17, 15) is 5.11 Å². The van der Waals surface area contributed by atoms with Crippen molar-refractivity contribution in [3.05, 3.63) is 60.1 Å². The Labute approximate surface area is 190 Å². The molecule has 1 aliphatic heterocycles. The molecule has 7 heteroatoms. The summed E-state index contributed by atoms with van der Waals surface area (Å²) in [6.07, 6.45) is 4.13. The number of hydrogen-bond donors (Lipinski definition) is 3. The molecule has 1 aliphatic rings. The van der Waals surface area contributed by atoms with E-state index in [-0.39, 0.29) is 42.0 Å². The smallest absolute Gasteiger partial charge is 0.191 e. The molecule has 2 atom stereocenters. The van der Waals surface area contributed by atoms with Crippen LogP contribution < -0.4 is 10.6 Å². The number of halogens is 1. The molecule has 1 fully saturated rings. The summed E-state index contributed by atoms with van der Waals surface area (Å²) < 4.78 is 11.0. The molecule has 0 amide bonds. The Balaban J connectivity index is 0.00000300. The lowest BCUT2D eigenvalue weighted by Gasteiger charge is -2.25. The van der Waals surface area contributed by atoms with Crippen LogP contribution in [0.3, 0.4) is 0 Å². The van der Waals surface area contributed by atoms with Gasteiger partial charge < -0.3 is 24.9 Å². The van der Waals surface area contributed by atoms with Gasteiger partial charge in [-0.2, -0.15) is 0 Å². The molecule has 1 aromatic heterocycles. The molecule has 1 aromatic carbocycles. The quantitative estimate of drug-likeness (QED) is 0.272. The first-order valence-corrected chi connectivity index (χ1v) is 10.0. The van der Waals surface area contributed by atoms with Gasteiger partial charge in [0, 0.05) is 31.6 Å². The van der Waals surface area contributed by atoms with E-state index < -0.39 is 0 Å². The third kappa shape index (κ3) is 7.31. The largest absolute Gasteiger partial charge is 0.469 e. The molecule has 3 N–H and O–H groups in total. The molecule has 0 spiro atoms. The van der Waals surface area contributed by atoms with Gasteiger partial charge in [0.05, 0.1) is 25.5 Å². The van der Waals surface area contributed by atoms with Crippen molar-refractivity contribution in [2.75, 3.05) is 32.9 Å². The van der Waals surface area contributed by atoms with Crippen LogP contribution in [0.15, 0.2) is 58.1 Å². The molecule has 29 heavy (non-hydrogen) atoms. The van der Waals surface area contributed by atoms with E-state index in [1.165, 1.54) is 5.56 Å². The number of hydrogen-bond acceptors (Lipinski definition) is 4. The van der Waals surface area contributed by atoms with Crippen LogP contribution in [0, 0.1) is 5.41 Å². The van der Waals surface area contributed by atoms with Crippen molar-refractivity contribution in [2.24, 2.45) is 10.4 Å². The maximum atomic E-state index is 9.45. The summed E-state index contributed by atoms with van der Waals surface area (Å²) in [4.78, 5) is 4.85. The van der Waals surface area contributed by atoms with Gasteiger partial charge in [-0.05, 0) is 37.5 Å². The number of guanidine groups is 1. The molecule has 160 valence electrons. The van der Waals surface area contributed by atoms with Gasteiger partial charge in [-0.3, -0.25) is 4.99 Å². The molecule has 6 nitrogen and oxygen atoms in total. The van der Waals surface area contributed by atoms with Gasteiger partial charge in [0.15, 0.2) is 5.96 Å². The fraction of sp³-hybridized carbons (Fsp3) is 0.500. The topological polar surface area (TPSA) is 79.0 Å². The number of nitrogens with one attached hydrogen (secondary N) is 2. The fourth-order valence-electron chi connectivity index (χ4n) is 3.48. The maximum absolute atomic E-state index is 9.45. The van der Waals surface area contributed by atoms with Gasteiger partial charge in [0.1, 0.15) is 5.76 Å². The van der Waals surface area contributed by atoms with Crippen molar-refractivity contribution in [1.82, 2.24) is 10.6 Å². The Morgan fingerprint density at radius 2 is 2.07 bits per heavy atom. The summed E-state index contributed by atoms with van der Waals surface area (Å²) in [6, 6.07) is 14.3. The second-order valence-electron chi connectivity index (χ2n) is 7.47. The molecule has 0 saturated carbocycles. The Morgan fingerprint density at radius 1 is 1.24 bits per heavy atom. The average molecular weight is 513 g/mol. The molecule has 2 unspecified atom stereocenters. The van der Waals surface area contributed by atoms with E-state index in [4.69, 9.17) is 14.1 Å². The highest BCUT2D eigenvalue weighted by Crippen LogP contribution is 2.32. The van der Waals surface area contributed by atoms with Gasteiger partial charge >= 0.3 is 0 Å². The second-order valence-corrected chi connectivity index (χ2v) is 7.47. The molecule has 1 saturated heterocycles. The minimum absolute atomic E-state index is 0. The molecule has 0 bridgehead atoms. The molecule has 2 aromatic rings. The van der Waals surface area contributed by atoms with Crippen LogP contribution in [-0.4, -0.2) is 44.0 Å². The van der Waals surface area contributed by atoms with Crippen molar-refractivity contribution < 1.29 is 14.3 Å². The average Bonchev–Trinajstić information content (AvgIpc) is 3.39. The Kier molecular flexibility index (Phi) is 9.96. The lowest BCUT2D eigenvalue weighted by atomic mass is 9.84. The molecular formula is C22H32IN3O3. The highest BCUT2D eigenvalue weighted by molar-refractivity contribution is 14.0. The highest BCUT2D eigenvalue weighted by atomic mass is 127. The van der Waals surface area contributed by atoms with Crippen molar-refractivity contribution >= 4 is 29.9 Å². The third-order valence-corrected chi connectivity index (χ3v) is 5.30. The lowest BCUT2D eigenvalue weighted by molar-refractivity contribution is 0.131. The zero-order valence-corrected chi connectivity index (χ0v) is 19.3. The van der Waals surface area contributed by atoms with Crippen LogP contribution in [0.5, 0.6) is 0 Å². The number of ether oxygens (including phenoxy) is 1. The summed E-state index contributed by atoms with van der Waals surface area (Å²) in [5.74, 6) is 1.72. The molecule has 0 aliphatic carbocycles. The Hall–Kier alpha value is -1.58. The Morgan fingerprint density at radius 3 is 2.72 bits per heavy atom. The minimum Gasteiger partial charge on any atom is -0.469 e. The van der Waals surface area contributed by atoms with E-state index in [1.54, 1.807) is 6.26 Å². The van der Waals surface area contributed by atoms with Gasteiger partial charge in [0.25, 0.3) is 0 Å². The highest BCUT2D eigenvalue weighted by Gasteiger charge is 2.34. The molecule has 2 heterocycles. The summed E-state index contributed by atoms with van der Waals surface area (Å²) in [5.41, 5.74) is 1.14. The van der Waals surface area contributed by atoms with Crippen molar-refractivity contribution in [1.29, 1.82) is 0 Å². The number of nitrogens with zero attached hydrogens (tertiary/aromatic N) is 1. The van der Waals surface area contributed by atoms with Crippen LogP contribution in [0.1, 0.15) is 37.1 Å². The van der Waals surface area contributed by atoms with Crippen molar-refractivity contribution in [2.45, 2.75) is 32.2 Å². The van der Waals surface area contributed by atoms with E-state index in [1.807, 2.05) is 30.3 Å². The van der Waals surface area contributed by atoms with Gasteiger partial charge in [-0.25, -0.2) is 0 Å². The molecule has 3 rings (SSSR count). The first kappa shape index (κ1) is 23.7. The number of aliphatic hydroxyl groups excluding tert-OH is 1. The second kappa shape index (κ2) is 12.2. The molecule has 0 radical (unpaired) electrons.